The molecule has 0 saturated heterocycles. The molecule has 2 heterocycles. The summed E-state index contributed by atoms with van der Waals surface area (Å²) in [6.07, 6.45) is 0. The average molecular weight is 572 g/mol. The summed E-state index contributed by atoms with van der Waals surface area (Å²) in [4.78, 5) is 2.54. The van der Waals surface area contributed by atoms with E-state index in [4.69, 9.17) is 0 Å². The number of benzene rings is 8. The molecule has 0 radical (unpaired) electrons. The maximum Gasteiger partial charge on any atom is 0.248 e. The van der Waals surface area contributed by atoms with Crippen molar-refractivity contribution in [3.63, 3.8) is 0 Å². The van der Waals surface area contributed by atoms with Crippen molar-refractivity contribution in [1.82, 2.24) is 0 Å². The predicted octanol–water partition coefficient (Wildman–Crippen LogP) is 9.46. The Labute approximate surface area is 263 Å². The first-order valence-electron chi connectivity index (χ1n) is 16.0. The third-order valence-corrected chi connectivity index (χ3v) is 10.5. The number of anilines is 3. The second kappa shape index (κ2) is 8.86. The van der Waals surface area contributed by atoms with Crippen molar-refractivity contribution in [3.05, 3.63) is 144 Å². The van der Waals surface area contributed by atoms with Gasteiger partial charge in [0, 0.05) is 16.8 Å². The highest BCUT2D eigenvalue weighted by Crippen LogP contribution is 2.46. The van der Waals surface area contributed by atoms with Crippen molar-refractivity contribution in [3.8, 4) is 22.3 Å². The summed E-state index contributed by atoms with van der Waals surface area (Å²) in [5.41, 5.74) is 17.4. The Morgan fingerprint density at radius 2 is 1.18 bits per heavy atom. The standard InChI is InChI=1S/C43H30BN/c1-25-22-26(2)40(27(3)23-25)31-17-19-32-33-10-7-13-39-43(33)44(36(32)24-31)35-11-4-5-12-38(35)45(39)37-21-18-30-15-14-28-8-6-9-29-16-20-34(37)42(30)41(28)29/h4-24H,1-3H3. The number of hydrogen-bond acceptors (Lipinski definition) is 1. The van der Waals surface area contributed by atoms with Crippen molar-refractivity contribution >= 4 is 72.5 Å². The highest BCUT2D eigenvalue weighted by atomic mass is 15.2. The number of fused-ring (bicyclic) bond motifs is 5. The van der Waals surface area contributed by atoms with Gasteiger partial charge in [-0.05, 0) is 110 Å². The van der Waals surface area contributed by atoms with Crippen molar-refractivity contribution < 1.29 is 0 Å². The van der Waals surface area contributed by atoms with Crippen LogP contribution in [0.15, 0.2) is 127 Å². The number of nitrogens with zero attached hydrogens (tertiary/aromatic N) is 1. The van der Waals surface area contributed by atoms with Crippen LogP contribution in [-0.4, -0.2) is 6.71 Å². The lowest BCUT2D eigenvalue weighted by molar-refractivity contribution is 1.31. The van der Waals surface area contributed by atoms with Crippen molar-refractivity contribution in [2.45, 2.75) is 20.8 Å². The predicted molar refractivity (Wildman–Crippen MR) is 195 cm³/mol. The van der Waals surface area contributed by atoms with Crippen LogP contribution in [0.5, 0.6) is 0 Å². The van der Waals surface area contributed by atoms with Gasteiger partial charge in [-0.25, -0.2) is 0 Å². The lowest BCUT2D eigenvalue weighted by Gasteiger charge is -2.36. The van der Waals surface area contributed by atoms with E-state index in [2.05, 4.69) is 153 Å². The van der Waals surface area contributed by atoms with Gasteiger partial charge in [-0.1, -0.05) is 120 Å². The molecule has 8 aromatic carbocycles. The molecule has 0 saturated carbocycles. The molecular formula is C43H30BN. The van der Waals surface area contributed by atoms with Crippen LogP contribution < -0.4 is 21.3 Å². The van der Waals surface area contributed by atoms with Crippen molar-refractivity contribution in [2.24, 2.45) is 0 Å². The molecule has 2 aliphatic rings. The van der Waals surface area contributed by atoms with E-state index in [1.54, 1.807) is 0 Å². The van der Waals surface area contributed by atoms with E-state index in [1.165, 1.54) is 105 Å². The molecule has 0 aliphatic carbocycles. The Kier molecular flexibility index (Phi) is 4.93. The molecule has 0 N–H and O–H groups in total. The monoisotopic (exact) mass is 571 g/mol. The molecule has 8 aromatic rings. The quantitative estimate of drug-likeness (QED) is 0.148. The van der Waals surface area contributed by atoms with E-state index in [0.29, 0.717) is 0 Å². The minimum atomic E-state index is 0.199. The zero-order valence-corrected chi connectivity index (χ0v) is 25.6. The molecule has 210 valence electrons. The largest absolute Gasteiger partial charge is 0.311 e. The fourth-order valence-electron chi connectivity index (χ4n) is 8.84. The number of rotatable bonds is 2. The maximum absolute atomic E-state index is 2.54. The summed E-state index contributed by atoms with van der Waals surface area (Å²) in [6, 6.07) is 48.3. The second-order valence-electron chi connectivity index (χ2n) is 13.1. The Hall–Kier alpha value is -5.34. The number of hydrogen-bond donors (Lipinski definition) is 0. The van der Waals surface area contributed by atoms with E-state index >= 15 is 0 Å². The van der Waals surface area contributed by atoms with Crippen LogP contribution in [0.4, 0.5) is 17.1 Å². The minimum absolute atomic E-state index is 0.199. The highest BCUT2D eigenvalue weighted by molar-refractivity contribution is 7.01. The van der Waals surface area contributed by atoms with Crippen LogP contribution in [0.25, 0.3) is 54.6 Å². The van der Waals surface area contributed by atoms with Crippen molar-refractivity contribution in [1.29, 1.82) is 0 Å². The van der Waals surface area contributed by atoms with E-state index in [-0.39, 0.29) is 6.71 Å². The van der Waals surface area contributed by atoms with Gasteiger partial charge in [-0.2, -0.15) is 0 Å². The van der Waals surface area contributed by atoms with Crippen LogP contribution in [0.1, 0.15) is 16.7 Å². The summed E-state index contributed by atoms with van der Waals surface area (Å²) in [5.74, 6) is 0. The molecule has 2 aliphatic heterocycles. The van der Waals surface area contributed by atoms with Gasteiger partial charge < -0.3 is 4.90 Å². The molecule has 0 bridgehead atoms. The lowest BCUT2D eigenvalue weighted by Crippen LogP contribution is -2.54. The van der Waals surface area contributed by atoms with Crippen LogP contribution in [0.3, 0.4) is 0 Å². The molecule has 0 aromatic heterocycles. The van der Waals surface area contributed by atoms with Gasteiger partial charge in [0.05, 0.1) is 5.69 Å². The SMILES string of the molecule is Cc1cc(C)c(-c2ccc3c(c2)B2c4ccccc4N(c4ccc5ccc6cccc7ccc4c5c67)c4cccc-3c42)c(C)c1. The van der Waals surface area contributed by atoms with Gasteiger partial charge in [0.1, 0.15) is 0 Å². The third-order valence-electron chi connectivity index (χ3n) is 10.5. The first kappa shape index (κ1) is 25.0. The number of aryl methyl sites for hydroxylation is 3. The Bertz CT molecular complexity index is 2500. The highest BCUT2D eigenvalue weighted by Gasteiger charge is 2.42. The van der Waals surface area contributed by atoms with Gasteiger partial charge in [0.2, 0.25) is 6.71 Å². The van der Waals surface area contributed by atoms with E-state index in [9.17, 15) is 0 Å². The van der Waals surface area contributed by atoms with E-state index in [1.807, 2.05) is 0 Å². The third kappa shape index (κ3) is 3.29. The van der Waals surface area contributed by atoms with Crippen LogP contribution >= 0.6 is 0 Å². The smallest absolute Gasteiger partial charge is 0.248 e. The lowest BCUT2D eigenvalue weighted by atomic mass is 9.37. The van der Waals surface area contributed by atoms with Gasteiger partial charge in [0.25, 0.3) is 0 Å². The first-order chi connectivity index (χ1) is 22.1. The van der Waals surface area contributed by atoms with Gasteiger partial charge in [0.15, 0.2) is 0 Å². The molecule has 0 spiro atoms. The minimum Gasteiger partial charge on any atom is -0.311 e. The Balaban J connectivity index is 1.24. The molecule has 0 fully saturated rings. The molecule has 0 amide bonds. The molecule has 1 nitrogen and oxygen atoms in total. The molecule has 2 heteroatoms. The second-order valence-corrected chi connectivity index (χ2v) is 13.1. The summed E-state index contributed by atoms with van der Waals surface area (Å²) >= 11 is 0. The zero-order valence-electron chi connectivity index (χ0n) is 25.6. The van der Waals surface area contributed by atoms with Gasteiger partial charge in [-0.15, -0.1) is 0 Å². The van der Waals surface area contributed by atoms with Crippen molar-refractivity contribution in [2.75, 3.05) is 4.90 Å². The summed E-state index contributed by atoms with van der Waals surface area (Å²) in [6.45, 7) is 6.89. The molecule has 10 rings (SSSR count). The van der Waals surface area contributed by atoms with E-state index in [0.717, 1.165) is 0 Å². The average Bonchev–Trinajstić information content (AvgIpc) is 3.38. The molecule has 45 heavy (non-hydrogen) atoms. The normalized spacial score (nSPS) is 13.1. The summed E-state index contributed by atoms with van der Waals surface area (Å²) in [5, 5.41) is 7.90. The fraction of sp³-hybridized carbons (Fsp3) is 0.0698. The van der Waals surface area contributed by atoms with Crippen LogP contribution in [-0.2, 0) is 0 Å². The summed E-state index contributed by atoms with van der Waals surface area (Å²) < 4.78 is 0. The van der Waals surface area contributed by atoms with Crippen LogP contribution in [0, 0.1) is 20.8 Å². The molecule has 0 atom stereocenters. The van der Waals surface area contributed by atoms with E-state index < -0.39 is 0 Å². The Morgan fingerprint density at radius 3 is 2.00 bits per heavy atom. The van der Waals surface area contributed by atoms with Gasteiger partial charge in [-0.3, -0.25) is 0 Å². The number of para-hydroxylation sites is 1. The zero-order chi connectivity index (χ0) is 30.0. The first-order valence-corrected chi connectivity index (χ1v) is 16.0. The summed E-state index contributed by atoms with van der Waals surface area (Å²) in [7, 11) is 0. The van der Waals surface area contributed by atoms with Gasteiger partial charge >= 0.3 is 0 Å². The molecule has 0 unspecified atom stereocenters. The maximum atomic E-state index is 2.54. The Morgan fingerprint density at radius 1 is 0.489 bits per heavy atom. The topological polar surface area (TPSA) is 3.24 Å². The fourth-order valence-corrected chi connectivity index (χ4v) is 8.84. The molecular weight excluding hydrogens is 541 g/mol. The van der Waals surface area contributed by atoms with Crippen LogP contribution in [0.2, 0.25) is 0 Å².